The lowest BCUT2D eigenvalue weighted by atomic mass is 9.76. The minimum Gasteiger partial charge on any atom is -0.487 e. The number of nitrogens with zero attached hydrogens (tertiary/aromatic N) is 2. The average molecular weight is 510 g/mol. The van der Waals surface area contributed by atoms with Gasteiger partial charge in [0.25, 0.3) is 0 Å². The van der Waals surface area contributed by atoms with E-state index in [9.17, 15) is 14.7 Å². The zero-order valence-electron chi connectivity index (χ0n) is 20.8. The maximum Gasteiger partial charge on any atom is 0.341 e. The van der Waals surface area contributed by atoms with E-state index in [0.717, 1.165) is 31.2 Å². The summed E-state index contributed by atoms with van der Waals surface area (Å²) >= 11 is 6.46. The van der Waals surface area contributed by atoms with Gasteiger partial charge in [-0.25, -0.2) is 9.48 Å². The number of Topliss-reactive ketones (excluding diaryl/α,β-unsaturated/α-hetero) is 1. The Labute approximate surface area is 216 Å². The monoisotopic (exact) mass is 509 g/mol. The molecule has 0 spiro atoms. The van der Waals surface area contributed by atoms with E-state index in [1.54, 1.807) is 32.0 Å². The van der Waals surface area contributed by atoms with Crippen LogP contribution < -0.4 is 10.1 Å². The molecule has 4 rings (SSSR count). The SMILES string of the molecule is CC1CCC(C(=O)C(C)(C)Nc2nn(-c3ccc(OCc4ccccc4)c(Cl)c3)cc2C(=O)O)CC1. The largest absolute Gasteiger partial charge is 0.487 e. The second-order valence-corrected chi connectivity index (χ2v) is 10.5. The molecule has 1 heterocycles. The topological polar surface area (TPSA) is 93.5 Å². The van der Waals surface area contributed by atoms with Crippen LogP contribution in [-0.2, 0) is 11.4 Å². The van der Waals surface area contributed by atoms with Crippen LogP contribution in [0.5, 0.6) is 5.75 Å². The predicted octanol–water partition coefficient (Wildman–Crippen LogP) is 6.39. The molecule has 2 aromatic carbocycles. The van der Waals surface area contributed by atoms with Crippen molar-refractivity contribution >= 4 is 29.2 Å². The number of carbonyl (C=O) groups is 2. The molecule has 0 saturated heterocycles. The van der Waals surface area contributed by atoms with Gasteiger partial charge in [0, 0.05) is 12.1 Å². The zero-order valence-corrected chi connectivity index (χ0v) is 21.6. The minimum atomic E-state index is -1.13. The van der Waals surface area contributed by atoms with Crippen molar-refractivity contribution in [1.29, 1.82) is 0 Å². The molecule has 0 radical (unpaired) electrons. The fraction of sp³-hybridized carbons (Fsp3) is 0.393. The number of carbonyl (C=O) groups excluding carboxylic acids is 1. The summed E-state index contributed by atoms with van der Waals surface area (Å²) in [4.78, 5) is 25.2. The Balaban J connectivity index is 1.52. The van der Waals surface area contributed by atoms with Crippen molar-refractivity contribution in [2.45, 2.75) is 58.6 Å². The highest BCUT2D eigenvalue weighted by Crippen LogP contribution is 2.33. The molecule has 1 fully saturated rings. The predicted molar refractivity (Wildman–Crippen MR) is 140 cm³/mol. The lowest BCUT2D eigenvalue weighted by Crippen LogP contribution is -2.45. The lowest BCUT2D eigenvalue weighted by Gasteiger charge is -2.33. The fourth-order valence-electron chi connectivity index (χ4n) is 4.63. The second kappa shape index (κ2) is 10.7. The molecular weight excluding hydrogens is 478 g/mol. The molecule has 1 aliphatic carbocycles. The molecular formula is C28H32ClN3O4. The van der Waals surface area contributed by atoms with Gasteiger partial charge in [-0.2, -0.15) is 0 Å². The van der Waals surface area contributed by atoms with Crippen LogP contribution in [0.3, 0.4) is 0 Å². The first kappa shape index (κ1) is 25.8. The van der Waals surface area contributed by atoms with E-state index >= 15 is 0 Å². The molecule has 0 aliphatic heterocycles. The third-order valence-electron chi connectivity index (χ3n) is 6.80. The second-order valence-electron chi connectivity index (χ2n) is 10.1. The Bertz CT molecular complexity index is 1230. The van der Waals surface area contributed by atoms with Crippen molar-refractivity contribution in [2.24, 2.45) is 11.8 Å². The summed E-state index contributed by atoms with van der Waals surface area (Å²) in [6.07, 6.45) is 5.22. The van der Waals surface area contributed by atoms with Gasteiger partial charge in [0.2, 0.25) is 0 Å². The average Bonchev–Trinajstić information content (AvgIpc) is 3.27. The van der Waals surface area contributed by atoms with Crippen molar-refractivity contribution in [2.75, 3.05) is 5.32 Å². The lowest BCUT2D eigenvalue weighted by molar-refractivity contribution is -0.127. The van der Waals surface area contributed by atoms with Gasteiger partial charge in [0.1, 0.15) is 17.9 Å². The van der Waals surface area contributed by atoms with Gasteiger partial charge in [0.15, 0.2) is 11.6 Å². The molecule has 3 aromatic rings. The van der Waals surface area contributed by atoms with E-state index in [-0.39, 0.29) is 23.1 Å². The van der Waals surface area contributed by atoms with Crippen LogP contribution in [0.15, 0.2) is 54.7 Å². The number of carboxylic acids is 1. The Morgan fingerprint density at radius 3 is 2.47 bits per heavy atom. The molecule has 1 aromatic heterocycles. The summed E-state index contributed by atoms with van der Waals surface area (Å²) < 4.78 is 7.28. The Kier molecular flexibility index (Phi) is 7.69. The number of halogens is 1. The number of carboxylic acid groups (broad SMARTS) is 1. The van der Waals surface area contributed by atoms with E-state index in [2.05, 4.69) is 17.3 Å². The molecule has 1 aliphatic rings. The summed E-state index contributed by atoms with van der Waals surface area (Å²) in [5.74, 6) is 0.227. The van der Waals surface area contributed by atoms with Crippen LogP contribution in [0, 0.1) is 11.8 Å². The van der Waals surface area contributed by atoms with Crippen molar-refractivity contribution in [3.8, 4) is 11.4 Å². The number of benzene rings is 2. The van der Waals surface area contributed by atoms with Crippen LogP contribution in [0.25, 0.3) is 5.69 Å². The van der Waals surface area contributed by atoms with E-state index in [1.165, 1.54) is 10.9 Å². The van der Waals surface area contributed by atoms with Gasteiger partial charge >= 0.3 is 5.97 Å². The van der Waals surface area contributed by atoms with E-state index in [4.69, 9.17) is 16.3 Å². The van der Waals surface area contributed by atoms with Gasteiger partial charge in [0.05, 0.1) is 16.2 Å². The number of hydrogen-bond donors (Lipinski definition) is 2. The first-order valence-corrected chi connectivity index (χ1v) is 12.6. The summed E-state index contributed by atoms with van der Waals surface area (Å²) in [6.45, 7) is 6.16. The van der Waals surface area contributed by atoms with E-state index in [0.29, 0.717) is 29.0 Å². The summed E-state index contributed by atoms with van der Waals surface area (Å²) in [5.41, 5.74) is 0.620. The van der Waals surface area contributed by atoms with Crippen molar-refractivity contribution < 1.29 is 19.4 Å². The highest BCUT2D eigenvalue weighted by molar-refractivity contribution is 6.32. The number of anilines is 1. The third-order valence-corrected chi connectivity index (χ3v) is 7.09. The van der Waals surface area contributed by atoms with E-state index < -0.39 is 11.5 Å². The smallest absolute Gasteiger partial charge is 0.341 e. The molecule has 0 unspecified atom stereocenters. The Morgan fingerprint density at radius 1 is 1.14 bits per heavy atom. The highest BCUT2D eigenvalue weighted by Gasteiger charge is 2.36. The number of ether oxygens (including phenoxy) is 1. The quantitative estimate of drug-likeness (QED) is 0.347. The zero-order chi connectivity index (χ0) is 25.9. The molecule has 7 nitrogen and oxygen atoms in total. The number of nitrogens with one attached hydrogen (secondary N) is 1. The van der Waals surface area contributed by atoms with Crippen LogP contribution in [0.2, 0.25) is 5.02 Å². The van der Waals surface area contributed by atoms with Gasteiger partial charge in [-0.05, 0) is 56.4 Å². The molecule has 8 heteroatoms. The van der Waals surface area contributed by atoms with Crippen LogP contribution >= 0.6 is 11.6 Å². The van der Waals surface area contributed by atoms with Gasteiger partial charge < -0.3 is 15.2 Å². The number of rotatable bonds is 9. The van der Waals surface area contributed by atoms with E-state index in [1.807, 2.05) is 30.3 Å². The molecule has 0 atom stereocenters. The van der Waals surface area contributed by atoms with Crippen molar-refractivity contribution in [1.82, 2.24) is 9.78 Å². The first-order chi connectivity index (χ1) is 17.1. The molecule has 0 bridgehead atoms. The standard InChI is InChI=1S/C28H32ClN3O4/c1-18-9-11-20(12-10-18)25(33)28(2,3)30-26-22(27(34)35)16-32(31-26)21-13-14-24(23(29)15-21)36-17-19-7-5-4-6-8-19/h4-8,13-16,18,20H,9-12,17H2,1-3H3,(H,30,31)(H,34,35). The summed E-state index contributed by atoms with van der Waals surface area (Å²) in [6, 6.07) is 14.9. The van der Waals surface area contributed by atoms with Crippen LogP contribution in [-0.4, -0.2) is 32.2 Å². The highest BCUT2D eigenvalue weighted by atomic mass is 35.5. The van der Waals surface area contributed by atoms with Gasteiger partial charge in [-0.3, -0.25) is 4.79 Å². The fourth-order valence-corrected chi connectivity index (χ4v) is 4.86. The maximum absolute atomic E-state index is 13.3. The maximum atomic E-state index is 13.3. The normalized spacial score (nSPS) is 18.0. The molecule has 36 heavy (non-hydrogen) atoms. The number of aromatic carboxylic acids is 1. The van der Waals surface area contributed by atoms with Gasteiger partial charge in [-0.15, -0.1) is 5.10 Å². The van der Waals surface area contributed by atoms with Gasteiger partial charge in [-0.1, -0.05) is 61.7 Å². The van der Waals surface area contributed by atoms with Crippen molar-refractivity contribution in [3.63, 3.8) is 0 Å². The molecule has 1 saturated carbocycles. The number of aromatic nitrogens is 2. The molecule has 0 amide bonds. The molecule has 190 valence electrons. The molecule has 2 N–H and O–H groups in total. The van der Waals surface area contributed by atoms with Crippen LogP contribution in [0.4, 0.5) is 5.82 Å². The Hall–Kier alpha value is -3.32. The number of ketones is 1. The Morgan fingerprint density at radius 2 is 1.83 bits per heavy atom. The van der Waals surface area contributed by atoms with Crippen LogP contribution in [0.1, 0.15) is 62.4 Å². The third kappa shape index (κ3) is 5.90. The first-order valence-electron chi connectivity index (χ1n) is 12.3. The summed E-state index contributed by atoms with van der Waals surface area (Å²) in [5, 5.41) is 17.7. The number of hydrogen-bond acceptors (Lipinski definition) is 5. The minimum absolute atomic E-state index is 0.0198. The van der Waals surface area contributed by atoms with Crippen molar-refractivity contribution in [3.05, 3.63) is 70.9 Å². The summed E-state index contributed by atoms with van der Waals surface area (Å²) in [7, 11) is 0.